The maximum atomic E-state index is 10.8. The lowest BCUT2D eigenvalue weighted by Crippen LogP contribution is -2.48. The van der Waals surface area contributed by atoms with E-state index in [1.54, 1.807) is 0 Å². The fourth-order valence-corrected chi connectivity index (χ4v) is 4.04. The van der Waals surface area contributed by atoms with E-state index in [-0.39, 0.29) is 0 Å². The van der Waals surface area contributed by atoms with Crippen LogP contribution in [0.2, 0.25) is 0 Å². The molecule has 1 aliphatic carbocycles. The van der Waals surface area contributed by atoms with Crippen LogP contribution in [-0.4, -0.2) is 29.1 Å². The molecule has 2 heteroatoms. The van der Waals surface area contributed by atoms with Gasteiger partial charge in [0, 0.05) is 12.6 Å². The molecular formula is C17H25NO. The Labute approximate surface area is 116 Å². The van der Waals surface area contributed by atoms with Gasteiger partial charge >= 0.3 is 0 Å². The van der Waals surface area contributed by atoms with Crippen molar-refractivity contribution in [3.05, 3.63) is 35.9 Å². The molecule has 1 saturated heterocycles. The minimum atomic E-state index is -0.730. The van der Waals surface area contributed by atoms with Crippen molar-refractivity contribution < 1.29 is 5.11 Å². The van der Waals surface area contributed by atoms with E-state index in [0.29, 0.717) is 0 Å². The topological polar surface area (TPSA) is 23.5 Å². The first-order valence-electron chi connectivity index (χ1n) is 7.69. The quantitative estimate of drug-likeness (QED) is 0.901. The Morgan fingerprint density at radius 1 is 1.16 bits per heavy atom. The van der Waals surface area contributed by atoms with Crippen molar-refractivity contribution in [1.29, 1.82) is 0 Å². The number of piperidine rings is 1. The Kier molecular flexibility index (Phi) is 3.64. The summed E-state index contributed by atoms with van der Waals surface area (Å²) in [5, 5.41) is 10.8. The van der Waals surface area contributed by atoms with Crippen molar-refractivity contribution in [3.8, 4) is 0 Å². The minimum absolute atomic E-state index is 0.726. The van der Waals surface area contributed by atoms with Crippen molar-refractivity contribution in [1.82, 2.24) is 4.90 Å². The van der Waals surface area contributed by atoms with E-state index in [9.17, 15) is 5.11 Å². The molecule has 1 N–H and O–H groups in total. The van der Waals surface area contributed by atoms with Gasteiger partial charge in [-0.1, -0.05) is 36.8 Å². The molecule has 0 aromatic heterocycles. The minimum Gasteiger partial charge on any atom is -0.384 e. The fourth-order valence-electron chi connectivity index (χ4n) is 4.04. The molecule has 1 aromatic rings. The summed E-state index contributed by atoms with van der Waals surface area (Å²) >= 11 is 0. The average Bonchev–Trinajstić information content (AvgIpc) is 2.89. The number of β-amino-alcohol motifs (C(OH)–C–C–N with tert-alkyl or cyclic N) is 1. The maximum Gasteiger partial charge on any atom is 0.0994 e. The zero-order chi connectivity index (χ0) is 13.3. The second-order valence-corrected chi connectivity index (χ2v) is 6.51. The van der Waals surface area contributed by atoms with Crippen molar-refractivity contribution >= 4 is 0 Å². The molecule has 2 aliphatic rings. The van der Waals surface area contributed by atoms with Crippen molar-refractivity contribution in [3.63, 3.8) is 0 Å². The highest BCUT2D eigenvalue weighted by atomic mass is 16.3. The largest absolute Gasteiger partial charge is 0.384 e. The molecule has 104 valence electrons. The normalized spacial score (nSPS) is 30.8. The Bertz CT molecular complexity index is 415. The van der Waals surface area contributed by atoms with E-state index in [2.05, 4.69) is 4.90 Å². The summed E-state index contributed by atoms with van der Waals surface area (Å²) in [4.78, 5) is 2.55. The molecule has 0 radical (unpaired) electrons. The van der Waals surface area contributed by atoms with E-state index in [1.165, 1.54) is 32.1 Å². The lowest BCUT2D eigenvalue weighted by atomic mass is 9.89. The van der Waals surface area contributed by atoms with Crippen LogP contribution in [0.4, 0.5) is 0 Å². The number of fused-ring (bicyclic) bond motifs is 1. The van der Waals surface area contributed by atoms with Gasteiger partial charge in [0.05, 0.1) is 5.60 Å². The number of hydrogen-bond donors (Lipinski definition) is 1. The number of aliphatic hydroxyl groups is 1. The predicted octanol–water partition coefficient (Wildman–Crippen LogP) is 3.16. The van der Waals surface area contributed by atoms with Crippen LogP contribution in [0.1, 0.15) is 44.6 Å². The summed E-state index contributed by atoms with van der Waals surface area (Å²) in [6.07, 6.45) is 6.80. The van der Waals surface area contributed by atoms with E-state index < -0.39 is 5.60 Å². The molecule has 3 unspecified atom stereocenters. The van der Waals surface area contributed by atoms with Crippen LogP contribution >= 0.6 is 0 Å². The van der Waals surface area contributed by atoms with Gasteiger partial charge in [0.1, 0.15) is 0 Å². The van der Waals surface area contributed by atoms with E-state index in [0.717, 1.165) is 30.6 Å². The van der Waals surface area contributed by atoms with Crippen molar-refractivity contribution in [2.24, 2.45) is 5.92 Å². The Hall–Kier alpha value is -0.860. The van der Waals surface area contributed by atoms with Crippen LogP contribution in [0.15, 0.2) is 30.3 Å². The van der Waals surface area contributed by atoms with Gasteiger partial charge in [-0.15, -0.1) is 0 Å². The predicted molar refractivity (Wildman–Crippen MR) is 77.9 cm³/mol. The van der Waals surface area contributed by atoms with Crippen LogP contribution in [0.25, 0.3) is 0 Å². The lowest BCUT2D eigenvalue weighted by molar-refractivity contribution is -0.0151. The molecule has 3 rings (SSSR count). The first-order chi connectivity index (χ1) is 9.17. The van der Waals surface area contributed by atoms with Gasteiger partial charge in [0.15, 0.2) is 0 Å². The molecular weight excluding hydrogens is 234 g/mol. The number of rotatable bonds is 3. The van der Waals surface area contributed by atoms with Gasteiger partial charge in [0.2, 0.25) is 0 Å². The molecule has 1 saturated carbocycles. The summed E-state index contributed by atoms with van der Waals surface area (Å²) in [7, 11) is 0. The van der Waals surface area contributed by atoms with E-state index in [1.807, 2.05) is 37.3 Å². The summed E-state index contributed by atoms with van der Waals surface area (Å²) in [5.41, 5.74) is 0.307. The molecule has 0 amide bonds. The molecule has 1 heterocycles. The number of hydrogen-bond acceptors (Lipinski definition) is 2. The standard InChI is InChI=1S/C17H25NO/c1-17(19,15-9-3-2-4-10-15)13-18-12-6-8-14-7-5-11-16(14)18/h2-4,9-10,14,16,19H,5-8,11-13H2,1H3. The average molecular weight is 259 g/mol. The molecule has 0 spiro atoms. The number of benzene rings is 1. The summed E-state index contributed by atoms with van der Waals surface area (Å²) in [5.74, 6) is 0.889. The van der Waals surface area contributed by atoms with Crippen LogP contribution in [0.3, 0.4) is 0 Å². The van der Waals surface area contributed by atoms with Crippen LogP contribution < -0.4 is 0 Å². The molecule has 1 aromatic carbocycles. The molecule has 2 nitrogen and oxygen atoms in total. The third-order valence-electron chi connectivity index (χ3n) is 5.01. The highest BCUT2D eigenvalue weighted by Crippen LogP contribution is 2.38. The molecule has 0 bridgehead atoms. The van der Waals surface area contributed by atoms with Gasteiger partial charge < -0.3 is 5.11 Å². The molecule has 3 atom stereocenters. The van der Waals surface area contributed by atoms with Gasteiger partial charge in [-0.2, -0.15) is 0 Å². The van der Waals surface area contributed by atoms with Gasteiger partial charge in [-0.25, -0.2) is 0 Å². The highest BCUT2D eigenvalue weighted by molar-refractivity contribution is 5.22. The smallest absolute Gasteiger partial charge is 0.0994 e. The van der Waals surface area contributed by atoms with E-state index in [4.69, 9.17) is 0 Å². The monoisotopic (exact) mass is 259 g/mol. The van der Waals surface area contributed by atoms with Gasteiger partial charge in [0.25, 0.3) is 0 Å². The maximum absolute atomic E-state index is 10.8. The third-order valence-corrected chi connectivity index (χ3v) is 5.01. The third kappa shape index (κ3) is 2.70. The van der Waals surface area contributed by atoms with Gasteiger partial charge in [-0.3, -0.25) is 4.90 Å². The Morgan fingerprint density at radius 2 is 1.89 bits per heavy atom. The zero-order valence-corrected chi connectivity index (χ0v) is 11.9. The molecule has 1 aliphatic heterocycles. The lowest BCUT2D eigenvalue weighted by Gasteiger charge is -2.41. The fraction of sp³-hybridized carbons (Fsp3) is 0.647. The van der Waals surface area contributed by atoms with Crippen LogP contribution in [-0.2, 0) is 5.60 Å². The summed E-state index contributed by atoms with van der Waals surface area (Å²) < 4.78 is 0. The first kappa shape index (κ1) is 13.1. The first-order valence-corrected chi connectivity index (χ1v) is 7.69. The Morgan fingerprint density at radius 3 is 2.68 bits per heavy atom. The molecule has 19 heavy (non-hydrogen) atoms. The van der Waals surface area contributed by atoms with Crippen molar-refractivity contribution in [2.75, 3.05) is 13.1 Å². The second kappa shape index (κ2) is 5.26. The summed E-state index contributed by atoms with van der Waals surface area (Å²) in [6.45, 7) is 3.89. The van der Waals surface area contributed by atoms with Crippen LogP contribution in [0, 0.1) is 5.92 Å². The number of likely N-dealkylation sites (tertiary alicyclic amines) is 1. The highest BCUT2D eigenvalue weighted by Gasteiger charge is 2.38. The van der Waals surface area contributed by atoms with Crippen molar-refractivity contribution in [2.45, 2.75) is 50.7 Å². The summed E-state index contributed by atoms with van der Waals surface area (Å²) in [6, 6.07) is 10.8. The molecule has 2 fully saturated rings. The zero-order valence-electron chi connectivity index (χ0n) is 11.9. The van der Waals surface area contributed by atoms with E-state index >= 15 is 0 Å². The SMILES string of the molecule is CC(O)(CN1CCCC2CCCC21)c1ccccc1. The second-order valence-electron chi connectivity index (χ2n) is 6.51. The van der Waals surface area contributed by atoms with Gasteiger partial charge in [-0.05, 0) is 50.6 Å². The Balaban J connectivity index is 1.73. The van der Waals surface area contributed by atoms with Crippen LogP contribution in [0.5, 0.6) is 0 Å². The number of nitrogens with zero attached hydrogens (tertiary/aromatic N) is 1.